The van der Waals surface area contributed by atoms with Gasteiger partial charge in [-0.2, -0.15) is 0 Å². The van der Waals surface area contributed by atoms with Crippen LogP contribution in [0.1, 0.15) is 68.8 Å². The molecule has 0 aliphatic carbocycles. The lowest BCUT2D eigenvalue weighted by Gasteiger charge is -2.44. The van der Waals surface area contributed by atoms with Crippen molar-refractivity contribution in [2.45, 2.75) is 59.8 Å². The van der Waals surface area contributed by atoms with E-state index in [4.69, 9.17) is 4.74 Å². The second kappa shape index (κ2) is 8.39. The van der Waals surface area contributed by atoms with Crippen molar-refractivity contribution in [2.75, 3.05) is 0 Å². The van der Waals surface area contributed by atoms with Gasteiger partial charge in [0.05, 0.1) is 11.6 Å². The summed E-state index contributed by atoms with van der Waals surface area (Å²) in [6.45, 7) is 11.2. The molecule has 158 valence electrons. The molecule has 2 aromatic carbocycles. The van der Waals surface area contributed by atoms with Crippen LogP contribution in [0.15, 0.2) is 54.7 Å². The molecule has 1 unspecified atom stereocenters. The topological polar surface area (TPSA) is 31.2 Å². The Morgan fingerprint density at radius 1 is 0.933 bits per heavy atom. The number of aryl methyl sites for hydroxylation is 1. The van der Waals surface area contributed by atoms with E-state index in [1.165, 1.54) is 5.56 Å². The van der Waals surface area contributed by atoms with Crippen molar-refractivity contribution in [2.24, 2.45) is 17.8 Å². The molecule has 0 saturated carbocycles. The van der Waals surface area contributed by atoms with Gasteiger partial charge >= 0.3 is 0 Å². The van der Waals surface area contributed by atoms with E-state index in [9.17, 15) is 4.79 Å². The number of ether oxygens (including phenoxy) is 1. The Balaban J connectivity index is 1.78. The Hall–Kier alpha value is -2.39. The maximum absolute atomic E-state index is 13.4. The molecule has 30 heavy (non-hydrogen) atoms. The molecular formula is C27H33NO2. The third-order valence-electron chi connectivity index (χ3n) is 7.30. The molecule has 0 N–H and O–H groups in total. The number of rotatable bonds is 5. The zero-order valence-electron chi connectivity index (χ0n) is 18.8. The van der Waals surface area contributed by atoms with E-state index in [0.29, 0.717) is 17.8 Å². The molecule has 5 atom stereocenters. The monoisotopic (exact) mass is 403 g/mol. The number of para-hydroxylation sites is 1. The Kier molecular flexibility index (Phi) is 5.84. The Morgan fingerprint density at radius 3 is 2.30 bits per heavy atom. The van der Waals surface area contributed by atoms with Gasteiger partial charge in [0.15, 0.2) is 5.78 Å². The first kappa shape index (κ1) is 20.9. The lowest BCUT2D eigenvalue weighted by molar-refractivity contribution is -0.166. The van der Waals surface area contributed by atoms with Crippen LogP contribution in [0.5, 0.6) is 0 Å². The summed E-state index contributed by atoms with van der Waals surface area (Å²) < 4.78 is 8.81. The molecule has 0 spiro atoms. The first-order valence-corrected chi connectivity index (χ1v) is 11.3. The molecule has 0 amide bonds. The molecular weight excluding hydrogens is 370 g/mol. The van der Waals surface area contributed by atoms with E-state index in [-0.39, 0.29) is 18.1 Å². The Bertz CT molecular complexity index is 1030. The van der Waals surface area contributed by atoms with E-state index in [2.05, 4.69) is 51.3 Å². The summed E-state index contributed by atoms with van der Waals surface area (Å²) in [5, 5.41) is 0.997. The smallest absolute Gasteiger partial charge is 0.195 e. The lowest BCUT2D eigenvalue weighted by Crippen LogP contribution is -2.42. The van der Waals surface area contributed by atoms with Crippen LogP contribution >= 0.6 is 0 Å². The molecule has 1 aromatic heterocycles. The number of ketones is 1. The largest absolute Gasteiger partial charge is 0.354 e. The van der Waals surface area contributed by atoms with Gasteiger partial charge in [-0.15, -0.1) is 0 Å². The summed E-state index contributed by atoms with van der Waals surface area (Å²) in [5.41, 5.74) is 3.80. The van der Waals surface area contributed by atoms with Crippen LogP contribution in [0.3, 0.4) is 0 Å². The van der Waals surface area contributed by atoms with Crippen molar-refractivity contribution in [1.82, 2.24) is 4.57 Å². The quantitative estimate of drug-likeness (QED) is 0.447. The number of nitrogens with zero attached hydrogens (tertiary/aromatic N) is 1. The average molecular weight is 404 g/mol. The highest BCUT2D eigenvalue weighted by molar-refractivity contribution is 6.16. The Labute approximate surface area is 180 Å². The normalized spacial score (nSPS) is 26.8. The molecule has 3 nitrogen and oxygen atoms in total. The van der Waals surface area contributed by atoms with Gasteiger partial charge in [0.1, 0.15) is 6.23 Å². The number of aromatic nitrogens is 1. The molecule has 1 saturated heterocycles. The van der Waals surface area contributed by atoms with E-state index in [0.717, 1.165) is 34.9 Å². The zero-order valence-corrected chi connectivity index (χ0v) is 18.8. The Morgan fingerprint density at radius 2 is 1.63 bits per heavy atom. The predicted octanol–water partition coefficient (Wildman–Crippen LogP) is 6.65. The van der Waals surface area contributed by atoms with Crippen LogP contribution in [0, 0.1) is 17.8 Å². The van der Waals surface area contributed by atoms with E-state index in [1.54, 1.807) is 0 Å². The predicted molar refractivity (Wildman–Crippen MR) is 123 cm³/mol. The van der Waals surface area contributed by atoms with Gasteiger partial charge in [0, 0.05) is 28.6 Å². The zero-order chi connectivity index (χ0) is 21.4. The molecule has 3 aromatic rings. The summed E-state index contributed by atoms with van der Waals surface area (Å²) in [6.07, 6.45) is 4.18. The van der Waals surface area contributed by atoms with Gasteiger partial charge in [0.25, 0.3) is 0 Å². The van der Waals surface area contributed by atoms with Crippen molar-refractivity contribution in [3.63, 3.8) is 0 Å². The van der Waals surface area contributed by atoms with Crippen molar-refractivity contribution in [3.05, 3.63) is 71.4 Å². The number of hydrogen-bond donors (Lipinski definition) is 0. The highest BCUT2D eigenvalue weighted by atomic mass is 16.5. The van der Waals surface area contributed by atoms with Crippen LogP contribution in [-0.2, 0) is 11.2 Å². The van der Waals surface area contributed by atoms with Gasteiger partial charge in [-0.1, -0.05) is 77.1 Å². The SMILES string of the molecule is CCc1ccc(C(=O)c2cn(C3O[C@H](CC)[C@@H](C)[C@H](C)[C@H]3C)c3ccccc23)cc1. The lowest BCUT2D eigenvalue weighted by atomic mass is 9.77. The molecule has 3 heteroatoms. The highest BCUT2D eigenvalue weighted by Gasteiger charge is 2.39. The first-order chi connectivity index (χ1) is 14.5. The molecule has 2 heterocycles. The fourth-order valence-electron chi connectivity index (χ4n) is 4.93. The third kappa shape index (κ3) is 3.50. The van der Waals surface area contributed by atoms with Crippen LogP contribution < -0.4 is 0 Å². The van der Waals surface area contributed by atoms with Gasteiger partial charge < -0.3 is 9.30 Å². The molecule has 0 radical (unpaired) electrons. The molecule has 1 fully saturated rings. The molecule has 1 aliphatic rings. The summed E-state index contributed by atoms with van der Waals surface area (Å²) >= 11 is 0. The van der Waals surface area contributed by atoms with Crippen molar-refractivity contribution >= 4 is 16.7 Å². The minimum absolute atomic E-state index is 0.0601. The molecule has 0 bridgehead atoms. The fraction of sp³-hybridized carbons (Fsp3) is 0.444. The maximum atomic E-state index is 13.4. The summed E-state index contributed by atoms with van der Waals surface area (Å²) in [4.78, 5) is 13.4. The van der Waals surface area contributed by atoms with Crippen molar-refractivity contribution in [3.8, 4) is 0 Å². The second-order valence-electron chi connectivity index (χ2n) is 8.90. The fourth-order valence-corrected chi connectivity index (χ4v) is 4.93. The standard InChI is InChI=1S/C27H33NO2/c1-6-20-12-14-21(15-13-20)26(29)23-16-28(24-11-9-8-10-22(23)24)27-19(5)17(3)18(4)25(7-2)30-27/h8-19,25,27H,6-7H2,1-5H3/t17-,18-,19+,25+,27?/m0/s1. The van der Waals surface area contributed by atoms with Crippen LogP contribution in [0.25, 0.3) is 10.9 Å². The number of fused-ring (bicyclic) bond motifs is 1. The minimum atomic E-state index is -0.0601. The molecule has 1 aliphatic heterocycles. The van der Waals surface area contributed by atoms with Crippen molar-refractivity contribution < 1.29 is 9.53 Å². The highest BCUT2D eigenvalue weighted by Crippen LogP contribution is 2.43. The molecule has 4 rings (SSSR count). The summed E-state index contributed by atoms with van der Waals surface area (Å²) in [5.74, 6) is 1.52. The van der Waals surface area contributed by atoms with Crippen molar-refractivity contribution in [1.29, 1.82) is 0 Å². The maximum Gasteiger partial charge on any atom is 0.195 e. The van der Waals surface area contributed by atoms with Crippen LogP contribution in [-0.4, -0.2) is 16.5 Å². The minimum Gasteiger partial charge on any atom is -0.354 e. The van der Waals surface area contributed by atoms with E-state index in [1.807, 2.05) is 42.6 Å². The first-order valence-electron chi connectivity index (χ1n) is 11.3. The van der Waals surface area contributed by atoms with Crippen LogP contribution in [0.4, 0.5) is 0 Å². The average Bonchev–Trinajstić information content (AvgIpc) is 3.17. The number of benzene rings is 2. The van der Waals surface area contributed by atoms with Gasteiger partial charge in [-0.05, 0) is 36.3 Å². The van der Waals surface area contributed by atoms with Gasteiger partial charge in [-0.3, -0.25) is 4.79 Å². The van der Waals surface area contributed by atoms with Crippen LogP contribution in [0.2, 0.25) is 0 Å². The summed E-state index contributed by atoms with van der Waals surface area (Å²) in [7, 11) is 0. The number of carbonyl (C=O) groups is 1. The van der Waals surface area contributed by atoms with E-state index < -0.39 is 0 Å². The third-order valence-corrected chi connectivity index (χ3v) is 7.30. The summed E-state index contributed by atoms with van der Waals surface area (Å²) in [6, 6.07) is 16.2. The number of hydrogen-bond acceptors (Lipinski definition) is 2. The second-order valence-corrected chi connectivity index (χ2v) is 8.90. The number of carbonyl (C=O) groups excluding carboxylic acids is 1. The van der Waals surface area contributed by atoms with Gasteiger partial charge in [-0.25, -0.2) is 0 Å². The van der Waals surface area contributed by atoms with E-state index >= 15 is 0 Å². The van der Waals surface area contributed by atoms with Gasteiger partial charge in [0.2, 0.25) is 0 Å².